The second-order valence-corrected chi connectivity index (χ2v) is 11.8. The van der Waals surface area contributed by atoms with Crippen molar-refractivity contribution in [2.24, 2.45) is 0 Å². The summed E-state index contributed by atoms with van der Waals surface area (Å²) in [5.41, 5.74) is 6.15. The van der Waals surface area contributed by atoms with Crippen molar-refractivity contribution >= 4 is 39.1 Å². The number of thiophene rings is 1. The summed E-state index contributed by atoms with van der Waals surface area (Å²) in [6, 6.07) is 11.4. The molecule has 43 heavy (non-hydrogen) atoms. The van der Waals surface area contributed by atoms with E-state index in [4.69, 9.17) is 26.1 Å². The molecule has 0 aliphatic carbocycles. The topological polar surface area (TPSA) is 99.4 Å². The Morgan fingerprint density at radius 3 is 2.70 bits per heavy atom. The Balaban J connectivity index is 1.25. The van der Waals surface area contributed by atoms with E-state index in [1.165, 1.54) is 18.4 Å². The largest absolute Gasteiger partial charge is 0.491 e. The zero-order valence-corrected chi connectivity index (χ0v) is 25.7. The van der Waals surface area contributed by atoms with Gasteiger partial charge in [-0.25, -0.2) is 9.78 Å². The van der Waals surface area contributed by atoms with Gasteiger partial charge in [0.2, 0.25) is 0 Å². The van der Waals surface area contributed by atoms with Crippen LogP contribution < -0.4 is 10.3 Å². The Bertz CT molecular complexity index is 1890. The average Bonchev–Trinajstić information content (AvgIpc) is 3.43. The number of aryl methyl sites for hydroxylation is 2. The maximum atomic E-state index is 13.6. The van der Waals surface area contributed by atoms with Crippen LogP contribution in [0.4, 0.5) is 0 Å². The van der Waals surface area contributed by atoms with Crippen molar-refractivity contribution in [3.8, 4) is 16.9 Å². The predicted octanol–water partition coefficient (Wildman–Crippen LogP) is 5.61. The van der Waals surface area contributed by atoms with Crippen molar-refractivity contribution in [1.29, 1.82) is 0 Å². The average molecular weight is 616 g/mol. The molecule has 5 heterocycles. The summed E-state index contributed by atoms with van der Waals surface area (Å²) in [5.74, 6) is 0.856. The molecule has 0 atom stereocenters. The molecule has 0 saturated heterocycles. The zero-order valence-electron chi connectivity index (χ0n) is 24.1. The SMILES string of the molecule is COC(=O)c1csc2c(-c3cc(Cl)ccc3OCCn3c(C)nc4c(c3=O)CN(Cc3ccncc3)CC4)cc(C)nc12. The number of nitrogens with zero attached hydrogens (tertiary/aromatic N) is 5. The molecule has 1 aliphatic rings. The van der Waals surface area contributed by atoms with E-state index in [2.05, 4.69) is 14.9 Å². The van der Waals surface area contributed by atoms with Crippen molar-refractivity contribution in [3.05, 3.63) is 103 Å². The number of hydrogen-bond acceptors (Lipinski definition) is 9. The number of methoxy groups -OCH3 is 1. The highest BCUT2D eigenvalue weighted by Gasteiger charge is 2.23. The number of esters is 1. The molecule has 1 aliphatic heterocycles. The van der Waals surface area contributed by atoms with Gasteiger partial charge in [0.1, 0.15) is 18.2 Å². The lowest BCUT2D eigenvalue weighted by Crippen LogP contribution is -2.39. The van der Waals surface area contributed by atoms with Gasteiger partial charge in [-0.05, 0) is 55.8 Å². The van der Waals surface area contributed by atoms with Crippen LogP contribution in [0.25, 0.3) is 21.3 Å². The van der Waals surface area contributed by atoms with Crippen LogP contribution >= 0.6 is 22.9 Å². The van der Waals surface area contributed by atoms with E-state index in [1.807, 2.05) is 44.2 Å². The van der Waals surface area contributed by atoms with Gasteiger partial charge >= 0.3 is 5.97 Å². The molecule has 0 fully saturated rings. The molecule has 4 aromatic heterocycles. The highest BCUT2D eigenvalue weighted by molar-refractivity contribution is 7.18. The zero-order chi connectivity index (χ0) is 30.1. The maximum Gasteiger partial charge on any atom is 0.340 e. The molecule has 0 unspecified atom stereocenters. The number of fused-ring (bicyclic) bond motifs is 2. The van der Waals surface area contributed by atoms with Gasteiger partial charge in [-0.2, -0.15) is 0 Å². The number of halogens is 1. The number of rotatable bonds is 8. The van der Waals surface area contributed by atoms with Crippen molar-refractivity contribution in [2.75, 3.05) is 20.3 Å². The Hall–Kier alpha value is -4.12. The van der Waals surface area contributed by atoms with Crippen molar-refractivity contribution in [1.82, 2.24) is 24.4 Å². The Kier molecular flexibility index (Phi) is 8.25. The fourth-order valence-electron chi connectivity index (χ4n) is 5.51. The number of hydrogen-bond donors (Lipinski definition) is 0. The molecule has 0 N–H and O–H groups in total. The molecule has 5 aromatic rings. The molecule has 0 saturated carbocycles. The first-order chi connectivity index (χ1) is 20.8. The second-order valence-electron chi connectivity index (χ2n) is 10.5. The standard InChI is InChI=1S/C32H30ClN5O4S/c1-19-14-24(30-29(35-19)26(18-43-30)32(40)41-3)23-15-22(33)4-5-28(23)42-13-12-38-20(2)36-27-8-11-37(17-25(27)31(38)39)16-21-6-9-34-10-7-21/h4-7,9-10,14-15,18H,8,11-13,16-17H2,1-3H3. The van der Waals surface area contributed by atoms with Crippen LogP contribution in [0.1, 0.15) is 38.7 Å². The third-order valence-electron chi connectivity index (χ3n) is 7.60. The van der Waals surface area contributed by atoms with E-state index in [-0.39, 0.29) is 12.2 Å². The van der Waals surface area contributed by atoms with Gasteiger partial charge in [0.15, 0.2) is 0 Å². The van der Waals surface area contributed by atoms with Gasteiger partial charge < -0.3 is 9.47 Å². The highest BCUT2D eigenvalue weighted by atomic mass is 35.5. The lowest BCUT2D eigenvalue weighted by Gasteiger charge is -2.28. The van der Waals surface area contributed by atoms with Crippen molar-refractivity contribution < 1.29 is 14.3 Å². The van der Waals surface area contributed by atoms with E-state index < -0.39 is 5.97 Å². The lowest BCUT2D eigenvalue weighted by molar-refractivity contribution is 0.0603. The molecular weight excluding hydrogens is 586 g/mol. The van der Waals surface area contributed by atoms with Gasteiger partial charge in [-0.1, -0.05) is 11.6 Å². The minimum atomic E-state index is -0.433. The van der Waals surface area contributed by atoms with Crippen LogP contribution in [-0.2, 0) is 30.8 Å². The minimum Gasteiger partial charge on any atom is -0.491 e. The van der Waals surface area contributed by atoms with E-state index in [0.29, 0.717) is 40.8 Å². The Morgan fingerprint density at radius 2 is 1.91 bits per heavy atom. The van der Waals surface area contributed by atoms with Gasteiger partial charge in [-0.3, -0.25) is 24.2 Å². The molecule has 6 rings (SSSR count). The monoisotopic (exact) mass is 615 g/mol. The van der Waals surface area contributed by atoms with Gasteiger partial charge in [0.25, 0.3) is 5.56 Å². The molecule has 0 spiro atoms. The fraction of sp³-hybridized carbons (Fsp3) is 0.281. The lowest BCUT2D eigenvalue weighted by atomic mass is 10.0. The number of carbonyl (C=O) groups excluding carboxylic acids is 1. The first-order valence-corrected chi connectivity index (χ1v) is 15.2. The van der Waals surface area contributed by atoms with Crippen molar-refractivity contribution in [3.63, 3.8) is 0 Å². The Morgan fingerprint density at radius 1 is 1.09 bits per heavy atom. The molecule has 1 aromatic carbocycles. The summed E-state index contributed by atoms with van der Waals surface area (Å²) < 4.78 is 13.8. The molecule has 11 heteroatoms. The number of aromatic nitrogens is 4. The van der Waals surface area contributed by atoms with Crippen LogP contribution in [-0.4, -0.2) is 50.6 Å². The first-order valence-electron chi connectivity index (χ1n) is 13.9. The number of benzene rings is 1. The van der Waals surface area contributed by atoms with Gasteiger partial charge in [-0.15, -0.1) is 11.3 Å². The van der Waals surface area contributed by atoms with Crippen LogP contribution in [0, 0.1) is 13.8 Å². The second kappa shape index (κ2) is 12.2. The minimum absolute atomic E-state index is 0.0257. The van der Waals surface area contributed by atoms with Crippen LogP contribution in [0.3, 0.4) is 0 Å². The quantitative estimate of drug-likeness (QED) is 0.208. The van der Waals surface area contributed by atoms with Crippen LogP contribution in [0.5, 0.6) is 5.75 Å². The highest BCUT2D eigenvalue weighted by Crippen LogP contribution is 2.40. The predicted molar refractivity (Wildman–Crippen MR) is 167 cm³/mol. The summed E-state index contributed by atoms with van der Waals surface area (Å²) in [6.45, 7) is 6.49. The summed E-state index contributed by atoms with van der Waals surface area (Å²) in [4.78, 5) is 41.8. The van der Waals surface area contributed by atoms with Gasteiger partial charge in [0.05, 0.1) is 40.7 Å². The smallest absolute Gasteiger partial charge is 0.340 e. The summed E-state index contributed by atoms with van der Waals surface area (Å²) >= 11 is 7.85. The van der Waals surface area contributed by atoms with Crippen LogP contribution in [0.2, 0.25) is 5.02 Å². The molecule has 0 radical (unpaired) electrons. The third-order valence-corrected chi connectivity index (χ3v) is 8.84. The fourth-order valence-corrected chi connectivity index (χ4v) is 6.69. The summed E-state index contributed by atoms with van der Waals surface area (Å²) in [5, 5.41) is 2.31. The molecule has 9 nitrogen and oxygen atoms in total. The third kappa shape index (κ3) is 5.90. The van der Waals surface area contributed by atoms with E-state index in [0.717, 1.165) is 57.9 Å². The number of ether oxygens (including phenoxy) is 2. The summed E-state index contributed by atoms with van der Waals surface area (Å²) in [6.07, 6.45) is 4.31. The van der Waals surface area contributed by atoms with E-state index >= 15 is 0 Å². The molecule has 0 bridgehead atoms. The summed E-state index contributed by atoms with van der Waals surface area (Å²) in [7, 11) is 1.36. The van der Waals surface area contributed by atoms with Gasteiger partial charge in [0, 0.05) is 65.7 Å². The van der Waals surface area contributed by atoms with E-state index in [1.54, 1.807) is 28.4 Å². The molecular formula is C32H30ClN5O4S. The van der Waals surface area contributed by atoms with E-state index in [9.17, 15) is 9.59 Å². The van der Waals surface area contributed by atoms with Crippen molar-refractivity contribution in [2.45, 2.75) is 39.9 Å². The molecule has 220 valence electrons. The maximum absolute atomic E-state index is 13.6. The number of pyridine rings is 2. The number of carbonyl (C=O) groups is 1. The van der Waals surface area contributed by atoms with Crippen LogP contribution in [0.15, 0.2) is 59.0 Å². The molecule has 0 amide bonds. The first kappa shape index (κ1) is 29.0. The Labute approximate surface area is 257 Å². The normalized spacial score (nSPS) is 13.2.